The van der Waals surface area contributed by atoms with Gasteiger partial charge >= 0.3 is 0 Å². The zero-order valence-corrected chi connectivity index (χ0v) is 15.9. The molecule has 5 nitrogen and oxygen atoms in total. The number of nitrogens with one attached hydrogen (secondary N) is 1. The average molecular weight is 359 g/mol. The van der Waals surface area contributed by atoms with Crippen molar-refractivity contribution in [1.82, 2.24) is 5.32 Å². The second-order valence-electron chi connectivity index (χ2n) is 7.53. The molecular weight excluding hydrogens is 330 g/mol. The van der Waals surface area contributed by atoms with E-state index in [2.05, 4.69) is 5.32 Å². The van der Waals surface area contributed by atoms with Gasteiger partial charge in [0.1, 0.15) is 5.92 Å². The summed E-state index contributed by atoms with van der Waals surface area (Å²) in [5, 5.41) is 12.9. The average Bonchev–Trinajstić information content (AvgIpc) is 2.86. The number of aryl methyl sites for hydroxylation is 2. The van der Waals surface area contributed by atoms with Crippen LogP contribution >= 0.6 is 0 Å². The number of carbonyl (C=O) groups is 2. The lowest BCUT2D eigenvalue weighted by atomic mass is 9.74. The minimum absolute atomic E-state index is 0.0364. The number of carbonyl (C=O) groups excluding carboxylic acids is 2. The summed E-state index contributed by atoms with van der Waals surface area (Å²) in [6.07, 6.45) is 3.72. The van der Waals surface area contributed by atoms with Crippen molar-refractivity contribution in [2.24, 2.45) is 0 Å². The summed E-state index contributed by atoms with van der Waals surface area (Å²) >= 11 is 0. The van der Waals surface area contributed by atoms with Crippen LogP contribution in [0.5, 0.6) is 0 Å². The van der Waals surface area contributed by atoms with E-state index in [9.17, 15) is 14.7 Å². The van der Waals surface area contributed by atoms with Gasteiger partial charge in [-0.05, 0) is 62.6 Å². The Bertz CT molecular complexity index is 679. The van der Waals surface area contributed by atoms with E-state index in [4.69, 9.17) is 4.74 Å². The highest BCUT2D eigenvalue weighted by Crippen LogP contribution is 2.41. The monoisotopic (exact) mass is 359 g/mol. The zero-order chi connectivity index (χ0) is 18.9. The number of aliphatic hydroxyl groups excluding tert-OH is 1. The number of aliphatic hydroxyl groups is 1. The summed E-state index contributed by atoms with van der Waals surface area (Å²) in [6, 6.07) is 3.90. The predicted molar refractivity (Wildman–Crippen MR) is 99.0 cm³/mol. The molecule has 1 saturated carbocycles. The van der Waals surface area contributed by atoms with Crippen molar-refractivity contribution >= 4 is 11.7 Å². The van der Waals surface area contributed by atoms with Crippen LogP contribution in [-0.2, 0) is 27.4 Å². The fourth-order valence-corrected chi connectivity index (χ4v) is 4.63. The summed E-state index contributed by atoms with van der Waals surface area (Å²) < 4.78 is 5.69. The van der Waals surface area contributed by atoms with E-state index in [0.29, 0.717) is 30.6 Å². The Hall–Kier alpha value is -1.72. The van der Waals surface area contributed by atoms with E-state index >= 15 is 0 Å². The maximum absolute atomic E-state index is 13.4. The molecule has 1 atom stereocenters. The van der Waals surface area contributed by atoms with Gasteiger partial charge in [-0.15, -0.1) is 0 Å². The van der Waals surface area contributed by atoms with Crippen LogP contribution in [0.1, 0.15) is 67.7 Å². The van der Waals surface area contributed by atoms with Crippen LogP contribution in [0, 0.1) is 6.92 Å². The van der Waals surface area contributed by atoms with Gasteiger partial charge in [-0.2, -0.15) is 0 Å². The minimum atomic E-state index is -0.809. The zero-order valence-electron chi connectivity index (χ0n) is 15.9. The molecular formula is C21H29NO4. The fraction of sp³-hybridized carbons (Fsp3) is 0.619. The van der Waals surface area contributed by atoms with Crippen LogP contribution in [0.2, 0.25) is 0 Å². The summed E-state index contributed by atoms with van der Waals surface area (Å²) in [4.78, 5) is 26.2. The summed E-state index contributed by atoms with van der Waals surface area (Å²) in [6.45, 7) is 6.46. The summed E-state index contributed by atoms with van der Waals surface area (Å²) in [7, 11) is 0. The summed E-state index contributed by atoms with van der Waals surface area (Å²) in [5.74, 6) is -1.07. The number of Topliss-reactive ketones (excluding diaryl/α,β-unsaturated/α-hetero) is 1. The van der Waals surface area contributed by atoms with Gasteiger partial charge in [-0.1, -0.05) is 24.6 Å². The van der Waals surface area contributed by atoms with Crippen molar-refractivity contribution < 1.29 is 19.4 Å². The molecule has 1 aromatic carbocycles. The van der Waals surface area contributed by atoms with E-state index < -0.39 is 11.5 Å². The lowest BCUT2D eigenvalue weighted by Crippen LogP contribution is -2.50. The predicted octanol–water partition coefficient (Wildman–Crippen LogP) is 2.55. The Kier molecular flexibility index (Phi) is 5.49. The standard InChI is InChI=1S/C21H29NO4/c1-4-14-10-13(3)11-15(12-23)17(14)18-19(24)21(22-20(18)25)8-6-16(7-9-21)26-5-2/h10-11,16,18,23H,4-9,12H2,1-3H3,(H,22,25). The van der Waals surface area contributed by atoms with E-state index in [1.807, 2.05) is 32.9 Å². The van der Waals surface area contributed by atoms with Gasteiger partial charge in [-0.25, -0.2) is 0 Å². The van der Waals surface area contributed by atoms with Crippen LogP contribution in [0.15, 0.2) is 12.1 Å². The Morgan fingerprint density at radius 3 is 2.42 bits per heavy atom. The van der Waals surface area contributed by atoms with Gasteiger partial charge in [0.2, 0.25) is 5.91 Å². The SMILES string of the molecule is CCOC1CCC2(CC1)NC(=O)C(c1c(CC)cc(C)cc1CO)C2=O. The summed E-state index contributed by atoms with van der Waals surface area (Å²) in [5.41, 5.74) is 2.65. The van der Waals surface area contributed by atoms with Crippen molar-refractivity contribution in [2.75, 3.05) is 6.61 Å². The third kappa shape index (κ3) is 3.19. The molecule has 2 aliphatic rings. The van der Waals surface area contributed by atoms with Crippen molar-refractivity contribution in [1.29, 1.82) is 0 Å². The lowest BCUT2D eigenvalue weighted by Gasteiger charge is -2.35. The van der Waals surface area contributed by atoms with E-state index in [1.165, 1.54) is 0 Å². The third-order valence-electron chi connectivity index (χ3n) is 5.88. The van der Waals surface area contributed by atoms with E-state index in [1.54, 1.807) is 0 Å². The van der Waals surface area contributed by atoms with Crippen molar-refractivity contribution in [2.45, 2.75) is 77.0 Å². The van der Waals surface area contributed by atoms with Gasteiger partial charge in [0.25, 0.3) is 0 Å². The van der Waals surface area contributed by atoms with E-state index in [-0.39, 0.29) is 24.4 Å². The molecule has 0 bridgehead atoms. The molecule has 1 aromatic rings. The number of benzene rings is 1. The molecule has 1 aliphatic heterocycles. The second-order valence-corrected chi connectivity index (χ2v) is 7.53. The quantitative estimate of drug-likeness (QED) is 0.792. The molecule has 0 aromatic heterocycles. The van der Waals surface area contributed by atoms with Crippen LogP contribution in [0.25, 0.3) is 0 Å². The highest BCUT2D eigenvalue weighted by atomic mass is 16.5. The molecule has 0 radical (unpaired) electrons. The first-order chi connectivity index (χ1) is 12.5. The molecule has 1 saturated heterocycles. The van der Waals surface area contributed by atoms with Crippen LogP contribution in [-0.4, -0.2) is 35.0 Å². The van der Waals surface area contributed by atoms with Gasteiger partial charge < -0.3 is 15.2 Å². The normalized spacial score (nSPS) is 28.6. The van der Waals surface area contributed by atoms with Gasteiger partial charge in [0, 0.05) is 6.61 Å². The number of amides is 1. The fourth-order valence-electron chi connectivity index (χ4n) is 4.63. The number of hydrogen-bond acceptors (Lipinski definition) is 4. The molecule has 1 heterocycles. The lowest BCUT2D eigenvalue weighted by molar-refractivity contribution is -0.126. The van der Waals surface area contributed by atoms with Crippen LogP contribution < -0.4 is 5.32 Å². The molecule has 26 heavy (non-hydrogen) atoms. The molecule has 1 amide bonds. The third-order valence-corrected chi connectivity index (χ3v) is 5.88. The second kappa shape index (κ2) is 7.49. The maximum atomic E-state index is 13.4. The highest BCUT2D eigenvalue weighted by molar-refractivity contribution is 6.17. The Morgan fingerprint density at radius 2 is 1.85 bits per heavy atom. The first-order valence-corrected chi connectivity index (χ1v) is 9.66. The Balaban J connectivity index is 1.94. The number of hydrogen-bond donors (Lipinski definition) is 2. The maximum Gasteiger partial charge on any atom is 0.235 e. The van der Waals surface area contributed by atoms with Gasteiger partial charge in [0.15, 0.2) is 5.78 Å². The first kappa shape index (κ1) is 19.1. The Morgan fingerprint density at radius 1 is 1.19 bits per heavy atom. The molecule has 1 spiro atoms. The number of rotatable bonds is 5. The first-order valence-electron chi connectivity index (χ1n) is 9.66. The van der Waals surface area contributed by atoms with Crippen molar-refractivity contribution in [3.8, 4) is 0 Å². The minimum Gasteiger partial charge on any atom is -0.392 e. The number of ether oxygens (including phenoxy) is 1. The molecule has 142 valence electrons. The van der Waals surface area contributed by atoms with Gasteiger partial charge in [0.05, 0.1) is 18.2 Å². The van der Waals surface area contributed by atoms with Crippen molar-refractivity contribution in [3.63, 3.8) is 0 Å². The molecule has 3 rings (SSSR count). The van der Waals surface area contributed by atoms with E-state index in [0.717, 1.165) is 30.4 Å². The molecule has 1 unspecified atom stereocenters. The van der Waals surface area contributed by atoms with Gasteiger partial charge in [-0.3, -0.25) is 9.59 Å². The van der Waals surface area contributed by atoms with Crippen molar-refractivity contribution in [3.05, 3.63) is 34.4 Å². The Labute approximate surface area is 155 Å². The molecule has 5 heteroatoms. The molecule has 2 N–H and O–H groups in total. The highest BCUT2D eigenvalue weighted by Gasteiger charge is 2.54. The molecule has 1 aliphatic carbocycles. The smallest absolute Gasteiger partial charge is 0.235 e. The van der Waals surface area contributed by atoms with Crippen LogP contribution in [0.3, 0.4) is 0 Å². The molecule has 2 fully saturated rings. The number of ketones is 1. The van der Waals surface area contributed by atoms with Crippen LogP contribution in [0.4, 0.5) is 0 Å². The largest absolute Gasteiger partial charge is 0.392 e. The topological polar surface area (TPSA) is 75.6 Å².